The summed E-state index contributed by atoms with van der Waals surface area (Å²) in [5.41, 5.74) is -0.291. The molecule has 4 heterocycles. The molecule has 1 atom stereocenters. The monoisotopic (exact) mass is 572 g/mol. The molecule has 0 amide bonds. The van der Waals surface area contributed by atoms with E-state index < -0.39 is 22.7 Å². The molecule has 1 aromatic carbocycles. The first-order valence-corrected chi connectivity index (χ1v) is 14.0. The van der Waals surface area contributed by atoms with Crippen molar-refractivity contribution in [2.24, 2.45) is 18.9 Å². The Morgan fingerprint density at radius 2 is 1.93 bits per heavy atom. The van der Waals surface area contributed by atoms with Gasteiger partial charge in [-0.3, -0.25) is 14.3 Å². The second kappa shape index (κ2) is 9.76. The maximum Gasteiger partial charge on any atom is 0.416 e. The second-order valence-electron chi connectivity index (χ2n) is 11.8. The van der Waals surface area contributed by atoms with Crippen LogP contribution in [0.1, 0.15) is 62.2 Å². The number of hydrogen-bond acceptors (Lipinski definition) is 4. The van der Waals surface area contributed by atoms with E-state index in [0.29, 0.717) is 53.0 Å². The standard InChI is InChI=1S/C29H32ClF3N6O/c1-17-5-4-6-38(13-17)14-21-10-23-24(30)15-39(26(40)25(23)35-21)22-8-19(7-20(9-22)29(31,32)33)28(11-18(2)12-28)27-36-34-16-37(27)3/h7-10,15-18,35H,4-6,11-14H2,1-3H3/t17-,18?,28?/m0/s1. The minimum absolute atomic E-state index is 0.112. The Balaban J connectivity index is 1.47. The van der Waals surface area contributed by atoms with E-state index in [4.69, 9.17) is 11.6 Å². The number of hydrogen-bond donors (Lipinski definition) is 1. The maximum atomic E-state index is 14.2. The van der Waals surface area contributed by atoms with Crippen LogP contribution in [-0.2, 0) is 25.2 Å². The van der Waals surface area contributed by atoms with Gasteiger partial charge in [-0.1, -0.05) is 25.4 Å². The lowest BCUT2D eigenvalue weighted by molar-refractivity contribution is -0.137. The minimum Gasteiger partial charge on any atom is -0.353 e. The van der Waals surface area contributed by atoms with E-state index in [1.165, 1.54) is 23.3 Å². The summed E-state index contributed by atoms with van der Waals surface area (Å²) >= 11 is 6.65. The van der Waals surface area contributed by atoms with Gasteiger partial charge in [0.1, 0.15) is 17.7 Å². The zero-order valence-electron chi connectivity index (χ0n) is 22.7. The molecule has 0 spiro atoms. The van der Waals surface area contributed by atoms with Gasteiger partial charge in [0.15, 0.2) is 0 Å². The highest BCUT2D eigenvalue weighted by Gasteiger charge is 2.49. The smallest absolute Gasteiger partial charge is 0.353 e. The molecule has 3 aromatic heterocycles. The Bertz CT molecular complexity index is 1630. The summed E-state index contributed by atoms with van der Waals surface area (Å²) in [5.74, 6) is 1.53. The van der Waals surface area contributed by atoms with Gasteiger partial charge in [-0.25, -0.2) is 0 Å². The molecule has 2 fully saturated rings. The summed E-state index contributed by atoms with van der Waals surface area (Å²) in [7, 11) is 1.79. The highest BCUT2D eigenvalue weighted by atomic mass is 35.5. The molecule has 2 aliphatic rings. The topological polar surface area (TPSA) is 71.7 Å². The number of nitrogens with zero attached hydrogens (tertiary/aromatic N) is 5. The first kappa shape index (κ1) is 27.1. The number of likely N-dealkylation sites (tertiary alicyclic amines) is 1. The Morgan fingerprint density at radius 1 is 1.15 bits per heavy atom. The number of aromatic nitrogens is 5. The molecule has 7 nitrogen and oxygen atoms in total. The molecular weight excluding hydrogens is 541 g/mol. The van der Waals surface area contributed by atoms with Crippen molar-refractivity contribution in [2.45, 2.75) is 57.7 Å². The molecule has 6 rings (SSSR count). The van der Waals surface area contributed by atoms with E-state index >= 15 is 0 Å². The highest BCUT2D eigenvalue weighted by molar-refractivity contribution is 6.35. The number of halogens is 4. The quantitative estimate of drug-likeness (QED) is 0.315. The van der Waals surface area contributed by atoms with E-state index in [-0.39, 0.29) is 11.2 Å². The Hall–Kier alpha value is -3.11. The van der Waals surface area contributed by atoms with Crippen LogP contribution in [0.3, 0.4) is 0 Å². The number of H-pyrrole nitrogens is 1. The van der Waals surface area contributed by atoms with Crippen molar-refractivity contribution in [2.75, 3.05) is 13.1 Å². The molecule has 0 bridgehead atoms. The normalized spacial score (nSPS) is 24.0. The van der Waals surface area contributed by atoms with E-state index in [2.05, 4.69) is 33.9 Å². The lowest BCUT2D eigenvalue weighted by Crippen LogP contribution is -2.43. The van der Waals surface area contributed by atoms with Crippen LogP contribution in [0.15, 0.2) is 41.6 Å². The fraction of sp³-hybridized carbons (Fsp3) is 0.483. The van der Waals surface area contributed by atoms with Crippen molar-refractivity contribution < 1.29 is 13.2 Å². The van der Waals surface area contributed by atoms with Crippen molar-refractivity contribution >= 4 is 22.5 Å². The van der Waals surface area contributed by atoms with Crippen LogP contribution in [-0.4, -0.2) is 42.3 Å². The molecule has 1 N–H and O–H groups in total. The van der Waals surface area contributed by atoms with Crippen LogP contribution < -0.4 is 5.56 Å². The van der Waals surface area contributed by atoms with Gasteiger partial charge >= 0.3 is 6.18 Å². The predicted octanol–water partition coefficient (Wildman–Crippen LogP) is 6.07. The first-order chi connectivity index (χ1) is 18.9. The number of piperidine rings is 1. The highest BCUT2D eigenvalue weighted by Crippen LogP contribution is 2.52. The number of alkyl halides is 3. The van der Waals surface area contributed by atoms with Crippen LogP contribution in [0.2, 0.25) is 5.02 Å². The Morgan fingerprint density at radius 3 is 2.58 bits per heavy atom. The van der Waals surface area contributed by atoms with Gasteiger partial charge in [0.25, 0.3) is 5.56 Å². The second-order valence-corrected chi connectivity index (χ2v) is 12.3. The average molecular weight is 573 g/mol. The largest absolute Gasteiger partial charge is 0.416 e. The van der Waals surface area contributed by atoms with Crippen molar-refractivity contribution in [3.05, 3.63) is 74.8 Å². The molecule has 11 heteroatoms. The maximum absolute atomic E-state index is 14.2. The zero-order chi connectivity index (χ0) is 28.4. The third-order valence-electron chi connectivity index (χ3n) is 8.55. The number of nitrogens with one attached hydrogen (secondary N) is 1. The Kier molecular flexibility index (Phi) is 6.61. The van der Waals surface area contributed by atoms with Gasteiger partial charge in [-0.05, 0) is 73.9 Å². The lowest BCUT2D eigenvalue weighted by atomic mass is 9.58. The SMILES string of the molecule is CC1CC(c2cc(-n3cc(Cl)c4cc(CN5CCC[C@H](C)C5)[nH]c4c3=O)cc(C(F)(F)F)c2)(c2nncn2C)C1. The fourth-order valence-electron chi connectivity index (χ4n) is 6.76. The number of rotatable bonds is 5. The van der Waals surface area contributed by atoms with Gasteiger partial charge < -0.3 is 9.55 Å². The number of benzene rings is 1. The molecule has 1 saturated heterocycles. The van der Waals surface area contributed by atoms with Crippen molar-refractivity contribution in [1.29, 1.82) is 0 Å². The number of pyridine rings is 1. The zero-order valence-corrected chi connectivity index (χ0v) is 23.5. The predicted molar refractivity (Wildman–Crippen MR) is 148 cm³/mol. The average Bonchev–Trinajstić information content (AvgIpc) is 3.50. The molecule has 1 aliphatic carbocycles. The molecular formula is C29H32ClF3N6O. The van der Waals surface area contributed by atoms with E-state index in [1.807, 2.05) is 6.07 Å². The lowest BCUT2D eigenvalue weighted by Gasteiger charge is -2.46. The number of aryl methyl sites for hydroxylation is 1. The fourth-order valence-corrected chi connectivity index (χ4v) is 7.01. The molecule has 1 saturated carbocycles. The van der Waals surface area contributed by atoms with Crippen LogP contribution >= 0.6 is 11.6 Å². The summed E-state index contributed by atoms with van der Waals surface area (Å²) in [4.78, 5) is 19.3. The van der Waals surface area contributed by atoms with Crippen LogP contribution in [0.25, 0.3) is 16.6 Å². The molecule has 40 heavy (non-hydrogen) atoms. The molecule has 0 unspecified atom stereocenters. The van der Waals surface area contributed by atoms with E-state index in [1.54, 1.807) is 24.0 Å². The van der Waals surface area contributed by atoms with Gasteiger partial charge in [-0.2, -0.15) is 13.2 Å². The van der Waals surface area contributed by atoms with E-state index in [0.717, 1.165) is 31.3 Å². The summed E-state index contributed by atoms with van der Waals surface area (Å²) in [5, 5.41) is 9.13. The Labute approximate surface area is 235 Å². The van der Waals surface area contributed by atoms with Crippen LogP contribution in [0.4, 0.5) is 13.2 Å². The molecule has 0 radical (unpaired) electrons. The third kappa shape index (κ3) is 4.64. The third-order valence-corrected chi connectivity index (χ3v) is 8.85. The number of fused-ring (bicyclic) bond motifs is 1. The summed E-state index contributed by atoms with van der Waals surface area (Å²) in [6.07, 6.45) is 1.96. The van der Waals surface area contributed by atoms with Gasteiger partial charge in [0.2, 0.25) is 0 Å². The van der Waals surface area contributed by atoms with Crippen LogP contribution in [0.5, 0.6) is 0 Å². The van der Waals surface area contributed by atoms with E-state index in [9.17, 15) is 18.0 Å². The summed E-state index contributed by atoms with van der Waals surface area (Å²) in [6.45, 7) is 6.91. The molecule has 1 aliphatic heterocycles. The first-order valence-electron chi connectivity index (χ1n) is 13.7. The summed E-state index contributed by atoms with van der Waals surface area (Å²) in [6, 6.07) is 5.73. The van der Waals surface area contributed by atoms with Gasteiger partial charge in [0.05, 0.1) is 16.0 Å². The molecule has 4 aromatic rings. The van der Waals surface area contributed by atoms with Gasteiger partial charge in [-0.15, -0.1) is 10.2 Å². The van der Waals surface area contributed by atoms with Crippen molar-refractivity contribution in [3.63, 3.8) is 0 Å². The van der Waals surface area contributed by atoms with Crippen LogP contribution in [0, 0.1) is 11.8 Å². The molecule has 212 valence electrons. The summed E-state index contributed by atoms with van der Waals surface area (Å²) < 4.78 is 45.6. The van der Waals surface area contributed by atoms with Crippen molar-refractivity contribution in [1.82, 2.24) is 29.2 Å². The van der Waals surface area contributed by atoms with Crippen molar-refractivity contribution in [3.8, 4) is 5.69 Å². The van der Waals surface area contributed by atoms with Gasteiger partial charge in [0, 0.05) is 43.1 Å². The minimum atomic E-state index is -4.61. The number of aromatic amines is 1.